The number of aryl methyl sites for hydroxylation is 1. The molecule has 3 atom stereocenters. The minimum atomic E-state index is -4.41. The molecule has 1 amide bonds. The van der Waals surface area contributed by atoms with Gasteiger partial charge in [-0.1, -0.05) is 0 Å². The molecule has 2 heterocycles. The van der Waals surface area contributed by atoms with Crippen molar-refractivity contribution in [2.45, 2.75) is 64.3 Å². The number of aromatic nitrogens is 1. The average molecular weight is 370 g/mol. The van der Waals surface area contributed by atoms with Crippen molar-refractivity contribution in [3.05, 3.63) is 29.6 Å². The predicted octanol–water partition coefficient (Wildman–Crippen LogP) is 4.68. The molecule has 0 radical (unpaired) electrons. The molecule has 7 heteroatoms. The normalized spacial score (nSPS) is 25.6. The number of alkyl halides is 3. The summed E-state index contributed by atoms with van der Waals surface area (Å²) < 4.78 is 44.9. The SMILES string of the molecule is CC(C)(C)OC(=O)N1CC2CC2CC1CCc1ncccc1C(F)(F)F. The van der Waals surface area contributed by atoms with E-state index in [9.17, 15) is 18.0 Å². The summed E-state index contributed by atoms with van der Waals surface area (Å²) in [7, 11) is 0. The monoisotopic (exact) mass is 370 g/mol. The molecule has 1 saturated carbocycles. The van der Waals surface area contributed by atoms with Crippen molar-refractivity contribution in [3.63, 3.8) is 0 Å². The molecule has 1 aromatic heterocycles. The van der Waals surface area contributed by atoms with Gasteiger partial charge in [-0.05, 0) is 70.4 Å². The number of ether oxygens (including phenoxy) is 1. The Hall–Kier alpha value is -1.79. The molecule has 0 bridgehead atoms. The van der Waals surface area contributed by atoms with Gasteiger partial charge in [0.15, 0.2) is 0 Å². The van der Waals surface area contributed by atoms with Crippen molar-refractivity contribution in [3.8, 4) is 0 Å². The van der Waals surface area contributed by atoms with Crippen LogP contribution in [0.15, 0.2) is 18.3 Å². The van der Waals surface area contributed by atoms with Crippen LogP contribution in [0.4, 0.5) is 18.0 Å². The third-order valence-electron chi connectivity index (χ3n) is 5.05. The number of carbonyl (C=O) groups is 1. The number of likely N-dealkylation sites (tertiary alicyclic amines) is 1. The zero-order chi connectivity index (χ0) is 19.1. The van der Waals surface area contributed by atoms with E-state index in [1.54, 1.807) is 4.90 Å². The van der Waals surface area contributed by atoms with Crippen LogP contribution in [-0.2, 0) is 17.3 Å². The average Bonchev–Trinajstić information content (AvgIpc) is 3.28. The number of nitrogens with zero attached hydrogens (tertiary/aromatic N) is 2. The Kier molecular flexibility index (Phi) is 4.92. The van der Waals surface area contributed by atoms with Gasteiger partial charge in [0.25, 0.3) is 0 Å². The molecule has 26 heavy (non-hydrogen) atoms. The van der Waals surface area contributed by atoms with Crippen LogP contribution >= 0.6 is 0 Å². The quantitative estimate of drug-likeness (QED) is 0.776. The number of hydrogen-bond donors (Lipinski definition) is 0. The highest BCUT2D eigenvalue weighted by atomic mass is 19.4. The van der Waals surface area contributed by atoms with Crippen molar-refractivity contribution < 1.29 is 22.7 Å². The van der Waals surface area contributed by atoms with Gasteiger partial charge in [-0.2, -0.15) is 13.2 Å². The van der Waals surface area contributed by atoms with Crippen molar-refractivity contribution in [1.82, 2.24) is 9.88 Å². The Bertz CT molecular complexity index is 669. The van der Waals surface area contributed by atoms with Crippen LogP contribution in [0.3, 0.4) is 0 Å². The lowest BCUT2D eigenvalue weighted by Gasteiger charge is -2.36. The van der Waals surface area contributed by atoms with Crippen LogP contribution in [0.25, 0.3) is 0 Å². The molecule has 1 aromatic rings. The second kappa shape index (κ2) is 6.74. The number of carbonyl (C=O) groups excluding carboxylic acids is 1. The number of piperidine rings is 1. The summed E-state index contributed by atoms with van der Waals surface area (Å²) >= 11 is 0. The van der Waals surface area contributed by atoms with E-state index in [1.807, 2.05) is 20.8 Å². The second-order valence-electron chi connectivity index (χ2n) is 8.31. The molecule has 2 fully saturated rings. The smallest absolute Gasteiger partial charge is 0.418 e. The van der Waals surface area contributed by atoms with Gasteiger partial charge in [0.1, 0.15) is 5.60 Å². The summed E-state index contributed by atoms with van der Waals surface area (Å²) in [6.45, 7) is 6.08. The molecule has 3 rings (SSSR count). The van der Waals surface area contributed by atoms with Crippen molar-refractivity contribution in [2.24, 2.45) is 11.8 Å². The zero-order valence-corrected chi connectivity index (χ0v) is 15.3. The Morgan fingerprint density at radius 2 is 2.00 bits per heavy atom. The summed E-state index contributed by atoms with van der Waals surface area (Å²) in [6, 6.07) is 2.26. The highest BCUT2D eigenvalue weighted by molar-refractivity contribution is 5.69. The largest absolute Gasteiger partial charge is 0.444 e. The van der Waals surface area contributed by atoms with Crippen molar-refractivity contribution >= 4 is 6.09 Å². The van der Waals surface area contributed by atoms with Gasteiger partial charge in [-0.3, -0.25) is 4.98 Å². The minimum absolute atomic E-state index is 0.0436. The summed E-state index contributed by atoms with van der Waals surface area (Å²) in [4.78, 5) is 18.2. The second-order valence-corrected chi connectivity index (χ2v) is 8.31. The maximum absolute atomic E-state index is 13.1. The summed E-state index contributed by atoms with van der Waals surface area (Å²) in [6.07, 6.45) is -0.827. The van der Waals surface area contributed by atoms with Crippen LogP contribution in [0.1, 0.15) is 51.3 Å². The van der Waals surface area contributed by atoms with Gasteiger partial charge in [0.05, 0.1) is 11.3 Å². The third kappa shape index (κ3) is 4.48. The number of rotatable bonds is 3. The molecule has 4 nitrogen and oxygen atoms in total. The Labute approximate surface area is 151 Å². The van der Waals surface area contributed by atoms with Crippen LogP contribution in [-0.4, -0.2) is 34.2 Å². The fourth-order valence-electron chi connectivity index (χ4n) is 3.72. The zero-order valence-electron chi connectivity index (χ0n) is 15.3. The highest BCUT2D eigenvalue weighted by Gasteiger charge is 2.47. The van der Waals surface area contributed by atoms with E-state index < -0.39 is 17.3 Å². The minimum Gasteiger partial charge on any atom is -0.444 e. The lowest BCUT2D eigenvalue weighted by Crippen LogP contribution is -2.47. The maximum Gasteiger partial charge on any atom is 0.418 e. The topological polar surface area (TPSA) is 42.4 Å². The lowest BCUT2D eigenvalue weighted by molar-refractivity contribution is -0.138. The number of hydrogen-bond acceptors (Lipinski definition) is 3. The Morgan fingerprint density at radius 3 is 2.65 bits per heavy atom. The van der Waals surface area contributed by atoms with E-state index in [-0.39, 0.29) is 24.2 Å². The lowest BCUT2D eigenvalue weighted by atomic mass is 9.96. The van der Waals surface area contributed by atoms with Gasteiger partial charge in [-0.15, -0.1) is 0 Å². The van der Waals surface area contributed by atoms with Gasteiger partial charge in [-0.25, -0.2) is 4.79 Å². The van der Waals surface area contributed by atoms with E-state index >= 15 is 0 Å². The van der Waals surface area contributed by atoms with E-state index in [4.69, 9.17) is 4.74 Å². The van der Waals surface area contributed by atoms with Gasteiger partial charge >= 0.3 is 12.3 Å². The molecule has 1 saturated heterocycles. The summed E-state index contributed by atoms with van der Waals surface area (Å²) in [5.41, 5.74) is -1.24. The van der Waals surface area contributed by atoms with E-state index in [1.165, 1.54) is 12.3 Å². The molecule has 1 aliphatic carbocycles. The Balaban J connectivity index is 1.70. The summed E-state index contributed by atoms with van der Waals surface area (Å²) in [5.74, 6) is 1.10. The molecule has 1 aliphatic heterocycles. The van der Waals surface area contributed by atoms with E-state index in [2.05, 4.69) is 4.98 Å². The van der Waals surface area contributed by atoms with Gasteiger partial charge < -0.3 is 9.64 Å². The molecule has 0 spiro atoms. The number of halogens is 3. The first-order valence-corrected chi connectivity index (χ1v) is 9.05. The molecular formula is C19H25F3N2O2. The standard InChI is InChI=1S/C19H25F3N2O2/c1-18(2,3)26-17(25)24-11-13-9-12(13)10-14(24)6-7-16-15(19(20,21)22)5-4-8-23-16/h4-5,8,12-14H,6-7,9-11H2,1-3H3. The first kappa shape index (κ1) is 19.0. The fraction of sp³-hybridized carbons (Fsp3) is 0.684. The van der Waals surface area contributed by atoms with E-state index in [0.717, 1.165) is 18.9 Å². The number of pyridine rings is 1. The number of fused-ring (bicyclic) bond motifs is 1. The molecule has 0 aromatic carbocycles. The first-order chi connectivity index (χ1) is 12.0. The Morgan fingerprint density at radius 1 is 1.27 bits per heavy atom. The van der Waals surface area contributed by atoms with Crippen LogP contribution in [0, 0.1) is 11.8 Å². The van der Waals surface area contributed by atoms with Gasteiger partial charge in [0, 0.05) is 18.8 Å². The van der Waals surface area contributed by atoms with Crippen LogP contribution < -0.4 is 0 Å². The molecule has 3 unspecified atom stereocenters. The maximum atomic E-state index is 13.1. The van der Waals surface area contributed by atoms with Gasteiger partial charge in [0.2, 0.25) is 0 Å². The first-order valence-electron chi connectivity index (χ1n) is 9.05. The molecule has 2 aliphatic rings. The molecular weight excluding hydrogens is 345 g/mol. The van der Waals surface area contributed by atoms with E-state index in [0.29, 0.717) is 24.8 Å². The molecule has 0 N–H and O–H groups in total. The number of amides is 1. The van der Waals surface area contributed by atoms with Crippen LogP contribution in [0.5, 0.6) is 0 Å². The summed E-state index contributed by atoms with van der Waals surface area (Å²) in [5, 5.41) is 0. The highest BCUT2D eigenvalue weighted by Crippen LogP contribution is 2.48. The van der Waals surface area contributed by atoms with Crippen molar-refractivity contribution in [2.75, 3.05) is 6.54 Å². The fourth-order valence-corrected chi connectivity index (χ4v) is 3.72. The third-order valence-corrected chi connectivity index (χ3v) is 5.05. The molecule has 144 valence electrons. The predicted molar refractivity (Wildman–Crippen MR) is 90.5 cm³/mol. The van der Waals surface area contributed by atoms with Crippen LogP contribution in [0.2, 0.25) is 0 Å². The van der Waals surface area contributed by atoms with Crippen molar-refractivity contribution in [1.29, 1.82) is 0 Å².